The number of nitrogens with zero attached hydrogens (tertiary/aromatic N) is 2. The number of nitrogens with one attached hydrogen (secondary N) is 12. The van der Waals surface area contributed by atoms with E-state index in [4.69, 9.17) is 40.1 Å². The van der Waals surface area contributed by atoms with Crippen LogP contribution in [0.25, 0.3) is 0 Å². The molecular formula is C64H105N21O17. The summed E-state index contributed by atoms with van der Waals surface area (Å²) in [5, 5.41) is 64.2. The predicted molar refractivity (Wildman–Crippen MR) is 373 cm³/mol. The van der Waals surface area contributed by atoms with E-state index in [0.717, 1.165) is 6.92 Å². The highest BCUT2D eigenvalue weighted by Crippen LogP contribution is 2.16. The number of carboxylic acid groups (broad SMARTS) is 1. The normalized spacial score (nSPS) is 14.3. The standard InChI is InChI=1S/C64H105N21O17/c1-33(2)27-46(60(100)81-48(56(96)75-32-51(91)92)30-38-16-20-40(88)21-17-38)82-62(102)52(36(6)86)83-58(98)42(12-9-25-72-63(68)69)77-50(90)31-74-55(95)44(22-23-49(67)89)79-57(97)43(13-10-26-73-64(70)71)78-59(99)45(11-7-8-24-65)84-85-61(101)47(28-34(3)4)80-53(93)35(5)76-54(94)41(66)29-37-14-18-39(87)19-15-37/h14-21,33-36,41-48,52,84,86-88H,7-13,22-32,65-66H2,1-6H3,(H2,67,89)(H,74,95)(H,75,96)(H,76,94)(H,77,90)(H,78,99)(H,79,97)(H,80,93)(H,81,100)(H,82,102)(H,83,98)(H,85,101)(H,91,92)(H4,68,69,72)(H4,70,71,73)/t35-,36+,41-,42-,43-,44-,45-,46-,47-,48-,52-/m0/s1. The van der Waals surface area contributed by atoms with Gasteiger partial charge in [-0.3, -0.25) is 77.7 Å². The predicted octanol–water partition coefficient (Wildman–Crippen LogP) is -6.61. The van der Waals surface area contributed by atoms with Gasteiger partial charge in [0.2, 0.25) is 65.0 Å². The molecule has 0 radical (unpaired) electrons. The Labute approximate surface area is 590 Å². The number of unbranched alkanes of at least 4 members (excludes halogenated alkanes) is 1. The SMILES string of the molecule is CC(C)C[C@H](NC(=O)[C@H](C)NC(=O)[C@@H](N)Cc1ccc(O)cc1)C(=O)NN[C@@H](CCCCN)C(=O)N[C@@H](CCCN=C(N)N)C(=O)N[C@@H](CCC(N)=O)C(=O)NCC(=O)N[C@@H](CCCN=C(N)N)C(=O)N[C@H](C(=O)N[C@@H](CC(C)C)C(=O)N[C@@H](Cc1ccc(O)cc1)C(=O)NCC(=O)O)[C@@H](C)O. The molecule has 11 atom stereocenters. The number of phenolic OH excluding ortho intramolecular Hbond substituents is 2. The third-order valence-electron chi connectivity index (χ3n) is 15.2. The monoisotopic (exact) mass is 1440 g/mol. The zero-order valence-electron chi connectivity index (χ0n) is 58.4. The molecule has 0 heterocycles. The highest BCUT2D eigenvalue weighted by molar-refractivity contribution is 5.98. The number of aliphatic carboxylic acids is 1. The summed E-state index contributed by atoms with van der Waals surface area (Å²) in [5.41, 5.74) is 45.7. The number of hydrogen-bond acceptors (Lipinski definition) is 21. The highest BCUT2D eigenvalue weighted by Gasteiger charge is 2.36. The van der Waals surface area contributed by atoms with Crippen LogP contribution in [0.2, 0.25) is 0 Å². The van der Waals surface area contributed by atoms with Gasteiger partial charge in [-0.15, -0.1) is 0 Å². The molecule has 0 unspecified atom stereocenters. The number of primary amides is 1. The average molecular weight is 1440 g/mol. The number of aliphatic imine (C=N–C) groups is 2. The van der Waals surface area contributed by atoms with Crippen molar-refractivity contribution in [1.29, 1.82) is 0 Å². The minimum atomic E-state index is -1.82. The van der Waals surface area contributed by atoms with Gasteiger partial charge in [0.1, 0.15) is 72.4 Å². The molecular weight excluding hydrogens is 1330 g/mol. The van der Waals surface area contributed by atoms with Crippen LogP contribution in [0.3, 0.4) is 0 Å². The van der Waals surface area contributed by atoms with E-state index in [1.54, 1.807) is 39.8 Å². The van der Waals surface area contributed by atoms with E-state index in [0.29, 0.717) is 24.0 Å². The number of carbonyl (C=O) groups excluding carboxylic acids is 12. The number of nitrogens with two attached hydrogens (primary N) is 7. The first-order chi connectivity index (χ1) is 48.0. The summed E-state index contributed by atoms with van der Waals surface area (Å²) in [5.74, 6) is -13.5. The van der Waals surface area contributed by atoms with E-state index in [2.05, 4.69) is 74.0 Å². The summed E-state index contributed by atoms with van der Waals surface area (Å²) < 4.78 is 0. The number of phenols is 2. The van der Waals surface area contributed by atoms with E-state index in [-0.39, 0.29) is 113 Å². The third-order valence-corrected chi connectivity index (χ3v) is 15.2. The number of aliphatic hydroxyl groups excluding tert-OH is 1. The average Bonchev–Trinajstić information content (AvgIpc) is 0.852. The van der Waals surface area contributed by atoms with Crippen molar-refractivity contribution in [2.75, 3.05) is 32.7 Å². The Hall–Kier alpha value is -10.5. The van der Waals surface area contributed by atoms with Gasteiger partial charge in [-0.2, -0.15) is 0 Å². The number of benzene rings is 2. The lowest BCUT2D eigenvalue weighted by Crippen LogP contribution is -2.61. The second kappa shape index (κ2) is 46.1. The van der Waals surface area contributed by atoms with Gasteiger partial charge in [0.25, 0.3) is 5.91 Å². The fourth-order valence-corrected chi connectivity index (χ4v) is 9.81. The molecule has 0 aromatic heterocycles. The molecule has 12 amide bonds. The van der Waals surface area contributed by atoms with Crippen LogP contribution in [-0.4, -0.2) is 208 Å². The first-order valence-electron chi connectivity index (χ1n) is 33.3. The second-order valence-electron chi connectivity index (χ2n) is 25.2. The Bertz CT molecular complexity index is 3170. The Morgan fingerprint density at radius 1 is 0.451 bits per heavy atom. The number of amides is 12. The van der Waals surface area contributed by atoms with Crippen molar-refractivity contribution in [3.05, 3.63) is 59.7 Å². The number of carboxylic acids is 1. The van der Waals surface area contributed by atoms with E-state index in [1.807, 2.05) is 0 Å². The van der Waals surface area contributed by atoms with Crippen molar-refractivity contribution >= 4 is 88.8 Å². The quantitative estimate of drug-likeness (QED) is 0.0127. The first kappa shape index (κ1) is 87.6. The topological polar surface area (TPSA) is 654 Å². The molecule has 38 nitrogen and oxygen atoms in total. The molecule has 0 aliphatic heterocycles. The molecule has 2 aromatic carbocycles. The molecule has 0 aliphatic carbocycles. The molecule has 30 N–H and O–H groups in total. The van der Waals surface area contributed by atoms with Gasteiger partial charge < -0.3 is 114 Å². The van der Waals surface area contributed by atoms with E-state index in [1.165, 1.54) is 43.3 Å². The molecule has 2 rings (SSSR count). The number of carbonyl (C=O) groups is 13. The van der Waals surface area contributed by atoms with Crippen LogP contribution < -0.4 is 104 Å². The molecule has 38 heteroatoms. The number of rotatable bonds is 48. The first-order valence-corrected chi connectivity index (χ1v) is 33.3. The van der Waals surface area contributed by atoms with Gasteiger partial charge in [-0.1, -0.05) is 58.4 Å². The maximum absolute atomic E-state index is 14.3. The molecule has 0 saturated heterocycles. The fraction of sp³-hybridized carbons (Fsp3) is 0.578. The lowest BCUT2D eigenvalue weighted by atomic mass is 10.00. The van der Waals surface area contributed by atoms with E-state index >= 15 is 0 Å². The second-order valence-corrected chi connectivity index (χ2v) is 25.2. The summed E-state index contributed by atoms with van der Waals surface area (Å²) in [7, 11) is 0. The minimum Gasteiger partial charge on any atom is -0.508 e. The van der Waals surface area contributed by atoms with Gasteiger partial charge >= 0.3 is 5.97 Å². The number of aromatic hydroxyl groups is 2. The maximum atomic E-state index is 14.3. The summed E-state index contributed by atoms with van der Waals surface area (Å²) in [6.07, 6.45) is -2.25. The van der Waals surface area contributed by atoms with E-state index < -0.39 is 169 Å². The Morgan fingerprint density at radius 3 is 1.38 bits per heavy atom. The van der Waals surface area contributed by atoms with Crippen molar-refractivity contribution in [3.8, 4) is 11.5 Å². The molecule has 568 valence electrons. The zero-order valence-corrected chi connectivity index (χ0v) is 58.4. The zero-order chi connectivity index (χ0) is 76.8. The Kier molecular flexibility index (Phi) is 39.6. The van der Waals surface area contributed by atoms with Crippen molar-refractivity contribution in [2.24, 2.45) is 62.0 Å². The van der Waals surface area contributed by atoms with Crippen LogP contribution in [0.1, 0.15) is 123 Å². The van der Waals surface area contributed by atoms with Crippen LogP contribution in [-0.2, 0) is 75.2 Å². The third kappa shape index (κ3) is 35.5. The van der Waals surface area contributed by atoms with Gasteiger partial charge in [-0.05, 0) is 132 Å². The van der Waals surface area contributed by atoms with Crippen LogP contribution in [0.5, 0.6) is 11.5 Å². The Morgan fingerprint density at radius 2 is 0.882 bits per heavy atom. The Balaban J connectivity index is 2.39. The summed E-state index contributed by atoms with van der Waals surface area (Å²) in [4.78, 5) is 183. The molecule has 2 aromatic rings. The summed E-state index contributed by atoms with van der Waals surface area (Å²) in [6, 6.07) is -2.41. The van der Waals surface area contributed by atoms with Crippen molar-refractivity contribution in [1.82, 2.24) is 64.0 Å². The minimum absolute atomic E-state index is 0.0177. The lowest BCUT2D eigenvalue weighted by Gasteiger charge is -2.28. The fourth-order valence-electron chi connectivity index (χ4n) is 9.81. The number of hydrogen-bond donors (Lipinski definition) is 23. The van der Waals surface area contributed by atoms with Crippen molar-refractivity contribution in [2.45, 2.75) is 192 Å². The lowest BCUT2D eigenvalue weighted by molar-refractivity contribution is -0.139. The molecule has 0 saturated carbocycles. The van der Waals surface area contributed by atoms with Crippen LogP contribution in [0.15, 0.2) is 58.5 Å². The van der Waals surface area contributed by atoms with Gasteiger partial charge in [0, 0.05) is 25.9 Å². The molecule has 102 heavy (non-hydrogen) atoms. The highest BCUT2D eigenvalue weighted by atomic mass is 16.4. The summed E-state index contributed by atoms with van der Waals surface area (Å²) >= 11 is 0. The van der Waals surface area contributed by atoms with Crippen LogP contribution in [0.4, 0.5) is 0 Å². The number of aliphatic hydroxyl groups is 1. The van der Waals surface area contributed by atoms with Crippen LogP contribution >= 0.6 is 0 Å². The van der Waals surface area contributed by atoms with Gasteiger partial charge in [0.15, 0.2) is 11.9 Å². The summed E-state index contributed by atoms with van der Waals surface area (Å²) in [6.45, 7) is 7.95. The van der Waals surface area contributed by atoms with Crippen LogP contribution in [0, 0.1) is 11.8 Å². The molecule has 0 aliphatic rings. The smallest absolute Gasteiger partial charge is 0.322 e. The molecule has 0 bridgehead atoms. The number of hydrazine groups is 1. The molecule has 0 fully saturated rings. The van der Waals surface area contributed by atoms with Crippen molar-refractivity contribution < 1.29 is 82.8 Å². The maximum Gasteiger partial charge on any atom is 0.322 e. The van der Waals surface area contributed by atoms with E-state index in [9.17, 15) is 82.8 Å². The van der Waals surface area contributed by atoms with Crippen molar-refractivity contribution in [3.63, 3.8) is 0 Å². The van der Waals surface area contributed by atoms with Gasteiger partial charge in [0.05, 0.1) is 18.7 Å². The molecule has 0 spiro atoms. The van der Waals surface area contributed by atoms with Gasteiger partial charge in [-0.25, -0.2) is 5.43 Å². The largest absolute Gasteiger partial charge is 0.508 e. The number of guanidine groups is 2.